The van der Waals surface area contributed by atoms with Crippen molar-refractivity contribution in [2.24, 2.45) is 16.3 Å². The van der Waals surface area contributed by atoms with Crippen LogP contribution in [0.3, 0.4) is 0 Å². The Labute approximate surface area is 287 Å². The second-order valence-electron chi connectivity index (χ2n) is 12.6. The minimum Gasteiger partial charge on any atom is -0.550 e. The quantitative estimate of drug-likeness (QED) is 0.405. The van der Waals surface area contributed by atoms with E-state index in [1.54, 1.807) is 30.3 Å². The first-order valence-electron chi connectivity index (χ1n) is 14.8. The fourth-order valence-corrected chi connectivity index (χ4v) is 6.83. The third-order valence-electron chi connectivity index (χ3n) is 8.65. The van der Waals surface area contributed by atoms with Gasteiger partial charge in [0.05, 0.1) is 6.04 Å². The van der Waals surface area contributed by atoms with Gasteiger partial charge in [-0.1, -0.05) is 75.9 Å². The number of rotatable bonds is 10. The van der Waals surface area contributed by atoms with Crippen LogP contribution >= 0.6 is 23.2 Å². The third-order valence-corrected chi connectivity index (χ3v) is 9.09. The molecule has 10 heteroatoms. The molecule has 2 amide bonds. The van der Waals surface area contributed by atoms with Gasteiger partial charge in [-0.25, -0.2) is 0 Å². The summed E-state index contributed by atoms with van der Waals surface area (Å²) in [6, 6.07) is 12.1. The van der Waals surface area contributed by atoms with Crippen molar-refractivity contribution < 1.29 is 49.0 Å². The molecule has 1 heterocycles. The maximum Gasteiger partial charge on any atom is 1.00 e. The first kappa shape index (κ1) is 35.6. The summed E-state index contributed by atoms with van der Waals surface area (Å²) in [6.45, 7) is 8.95. The number of hydrogen-bond acceptors (Lipinski definition) is 5. The largest absolute Gasteiger partial charge is 1.00 e. The molecule has 1 saturated carbocycles. The zero-order chi connectivity index (χ0) is 30.7. The van der Waals surface area contributed by atoms with Crippen molar-refractivity contribution in [3.05, 3.63) is 69.2 Å². The molecule has 1 aliphatic carbocycles. The van der Waals surface area contributed by atoms with Crippen LogP contribution in [0.2, 0.25) is 10.0 Å². The van der Waals surface area contributed by atoms with Gasteiger partial charge >= 0.3 is 29.6 Å². The maximum atomic E-state index is 14.4. The summed E-state index contributed by atoms with van der Waals surface area (Å²) in [7, 11) is 0. The van der Waals surface area contributed by atoms with E-state index >= 15 is 0 Å². The summed E-state index contributed by atoms with van der Waals surface area (Å²) < 4.78 is 0. The van der Waals surface area contributed by atoms with Gasteiger partial charge in [0.25, 0.3) is 11.8 Å². The van der Waals surface area contributed by atoms with Crippen LogP contribution in [0, 0.1) is 11.3 Å². The van der Waals surface area contributed by atoms with Gasteiger partial charge in [-0.2, -0.15) is 0 Å². The summed E-state index contributed by atoms with van der Waals surface area (Å²) in [4.78, 5) is 44.9. The molecule has 0 unspecified atom stereocenters. The first-order valence-corrected chi connectivity index (χ1v) is 15.6. The Kier molecular flexibility index (Phi) is 12.3. The number of carboxylic acid groups (broad SMARTS) is 1. The van der Waals surface area contributed by atoms with E-state index in [4.69, 9.17) is 28.2 Å². The topological polar surface area (TPSA) is 102 Å². The van der Waals surface area contributed by atoms with E-state index in [2.05, 4.69) is 33.0 Å². The van der Waals surface area contributed by atoms with Crippen molar-refractivity contribution in [3.63, 3.8) is 0 Å². The number of nitrogens with zero attached hydrogens (tertiary/aromatic N) is 2. The van der Waals surface area contributed by atoms with Crippen LogP contribution in [-0.2, 0) is 9.59 Å². The Morgan fingerprint density at radius 1 is 1.09 bits per heavy atom. The van der Waals surface area contributed by atoms with Gasteiger partial charge in [0.2, 0.25) is 0 Å². The number of amides is 2. The molecular weight excluding hydrogens is 596 g/mol. The molecule has 1 spiro atoms. The van der Waals surface area contributed by atoms with Crippen LogP contribution in [0.25, 0.3) is 0 Å². The van der Waals surface area contributed by atoms with Gasteiger partial charge in [0.15, 0.2) is 0 Å². The van der Waals surface area contributed by atoms with Crippen molar-refractivity contribution in [3.8, 4) is 0 Å². The summed E-state index contributed by atoms with van der Waals surface area (Å²) in [6.07, 6.45) is 5.84. The smallest absolute Gasteiger partial charge is 0.550 e. The van der Waals surface area contributed by atoms with E-state index in [-0.39, 0.29) is 65.8 Å². The van der Waals surface area contributed by atoms with Gasteiger partial charge in [-0.05, 0) is 79.3 Å². The predicted molar refractivity (Wildman–Crippen MR) is 165 cm³/mol. The summed E-state index contributed by atoms with van der Waals surface area (Å²) in [5.41, 5.74) is 1.85. The summed E-state index contributed by atoms with van der Waals surface area (Å²) >= 11 is 12.7. The Morgan fingerprint density at radius 2 is 1.70 bits per heavy atom. The van der Waals surface area contributed by atoms with E-state index in [9.17, 15) is 19.5 Å². The molecule has 1 aliphatic heterocycles. The van der Waals surface area contributed by atoms with Gasteiger partial charge in [-0.15, -0.1) is 0 Å². The molecule has 4 rings (SSSR count). The monoisotopic (exact) mass is 635 g/mol. The molecule has 7 nitrogen and oxygen atoms in total. The number of aliphatic carboxylic acids is 1. The van der Waals surface area contributed by atoms with E-state index < -0.39 is 11.6 Å². The molecule has 0 saturated heterocycles. The van der Waals surface area contributed by atoms with E-state index in [0.29, 0.717) is 32.8 Å². The fraction of sp³-hybridized carbons (Fsp3) is 0.515. The number of carbonyl (C=O) groups excluding carboxylic acids is 3. The molecule has 2 aliphatic rings. The van der Waals surface area contributed by atoms with Crippen molar-refractivity contribution in [2.45, 2.75) is 90.8 Å². The molecule has 1 fully saturated rings. The van der Waals surface area contributed by atoms with Crippen LogP contribution in [0.15, 0.2) is 47.5 Å². The molecule has 0 aromatic heterocycles. The molecule has 1 atom stereocenters. The first-order chi connectivity index (χ1) is 19.8. The van der Waals surface area contributed by atoms with Crippen molar-refractivity contribution in [2.75, 3.05) is 6.54 Å². The second kappa shape index (κ2) is 14.9. The van der Waals surface area contributed by atoms with E-state index in [0.717, 1.165) is 50.5 Å². The normalized spacial score (nSPS) is 20.9. The van der Waals surface area contributed by atoms with Crippen LogP contribution in [0.5, 0.6) is 0 Å². The number of unbranched alkanes of at least 4 members (excludes halogenated alkanes) is 1. The van der Waals surface area contributed by atoms with Gasteiger partial charge in [0, 0.05) is 40.1 Å². The molecule has 43 heavy (non-hydrogen) atoms. The van der Waals surface area contributed by atoms with Gasteiger partial charge in [-0.3, -0.25) is 14.6 Å². The minimum atomic E-state index is -1.22. The van der Waals surface area contributed by atoms with Gasteiger partial charge < -0.3 is 20.1 Å². The molecule has 0 bridgehead atoms. The minimum absolute atomic E-state index is 0. The molecule has 0 radical (unpaired) electrons. The zero-order valence-corrected chi connectivity index (χ0v) is 29.4. The maximum absolute atomic E-state index is 14.4. The Morgan fingerprint density at radius 3 is 2.23 bits per heavy atom. The average molecular weight is 637 g/mol. The van der Waals surface area contributed by atoms with Crippen molar-refractivity contribution in [1.29, 1.82) is 0 Å². The second-order valence-corrected chi connectivity index (χ2v) is 13.4. The number of halogens is 2. The van der Waals surface area contributed by atoms with Crippen LogP contribution in [0.1, 0.15) is 107 Å². The predicted octanol–water partition coefficient (Wildman–Crippen LogP) is 3.36. The number of carboxylic acids is 1. The number of carbonyl (C=O) groups is 3. The number of benzene rings is 2. The van der Waals surface area contributed by atoms with Crippen molar-refractivity contribution >= 4 is 46.7 Å². The van der Waals surface area contributed by atoms with Crippen molar-refractivity contribution in [1.82, 2.24) is 10.2 Å². The van der Waals surface area contributed by atoms with E-state index in [1.807, 2.05) is 17.0 Å². The van der Waals surface area contributed by atoms with Crippen LogP contribution < -0.4 is 40.0 Å². The third kappa shape index (κ3) is 8.43. The van der Waals surface area contributed by atoms with E-state index in [1.165, 1.54) is 0 Å². The number of hydrogen-bond donors (Lipinski definition) is 1. The summed E-state index contributed by atoms with van der Waals surface area (Å²) in [5, 5.41) is 14.2. The Balaban J connectivity index is 0.00000506. The number of aliphatic imine (C=N–C) groups is 1. The Bertz CT molecular complexity index is 1330. The van der Waals surface area contributed by atoms with Crippen LogP contribution in [-0.4, -0.2) is 40.6 Å². The molecular formula is C33H40Cl2N3NaO4. The average Bonchev–Trinajstić information content (AvgIpc) is 3.19. The zero-order valence-electron chi connectivity index (χ0n) is 25.8. The molecule has 226 valence electrons. The molecule has 1 N–H and O–H groups in total. The van der Waals surface area contributed by atoms with Crippen LogP contribution in [0.4, 0.5) is 0 Å². The molecule has 2 aromatic rings. The standard InChI is InChI=1S/C33H41Cl2N3O4.Na/c1-5-6-7-27(21-8-10-22(11-9-21)30(41)36-17-14-28(39)40)38-31(42)29(23-18-25(34)20-26(35)19-23)37-33(38)15-12-24(13-16-33)32(2,3)4;/h8-11,18-20,24,27H,5-7,12-17H2,1-4H3,(H,36,41)(H,39,40);/q;+1/p-1/t24?,27-,33?;/m1./s1. The number of nitrogens with one attached hydrogen (secondary N) is 1. The fourth-order valence-electron chi connectivity index (χ4n) is 6.30. The Hall–Kier alpha value is -1.90. The summed E-state index contributed by atoms with van der Waals surface area (Å²) in [5.74, 6) is -1.17. The van der Waals surface area contributed by atoms with Gasteiger partial charge in [0.1, 0.15) is 11.4 Å². The SMILES string of the molecule is CCCC[C@H](c1ccc(C(=O)NCCC(=O)[O-])cc1)N1C(=O)C(c2cc(Cl)cc(Cl)c2)=NC12CCC(C(C)(C)C)CC2.[Na+]. The molecule has 2 aromatic carbocycles.